The topological polar surface area (TPSA) is 98.6 Å². The second kappa shape index (κ2) is 6.33. The van der Waals surface area contributed by atoms with Crippen LogP contribution in [0.4, 0.5) is 11.6 Å². The van der Waals surface area contributed by atoms with E-state index in [4.69, 9.17) is 5.11 Å². The number of rotatable bonds is 5. The molecule has 19 heavy (non-hydrogen) atoms. The van der Waals surface area contributed by atoms with Crippen molar-refractivity contribution < 1.29 is 15.0 Å². The maximum absolute atomic E-state index is 10.5. The molecule has 104 valence electrons. The Labute approximate surface area is 111 Å². The first-order chi connectivity index (χ1) is 9.20. The third-order valence-corrected chi connectivity index (χ3v) is 3.21. The van der Waals surface area contributed by atoms with Gasteiger partial charge < -0.3 is 20.4 Å². The highest BCUT2D eigenvalue weighted by atomic mass is 16.4. The van der Waals surface area contributed by atoms with E-state index in [-0.39, 0.29) is 19.2 Å². The summed E-state index contributed by atoms with van der Waals surface area (Å²) in [6.07, 6.45) is 4.52. The third-order valence-electron chi connectivity index (χ3n) is 3.21. The van der Waals surface area contributed by atoms with Crippen molar-refractivity contribution in [3.05, 3.63) is 12.4 Å². The molecule has 1 aliphatic heterocycles. The number of hydrogen-bond donors (Lipinski definition) is 3. The first-order valence-corrected chi connectivity index (χ1v) is 6.36. The van der Waals surface area contributed by atoms with Gasteiger partial charge in [-0.05, 0) is 19.3 Å². The first-order valence-electron chi connectivity index (χ1n) is 6.36. The monoisotopic (exact) mass is 266 g/mol. The van der Waals surface area contributed by atoms with Gasteiger partial charge in [-0.2, -0.15) is 0 Å². The lowest BCUT2D eigenvalue weighted by Gasteiger charge is -2.35. The second-order valence-electron chi connectivity index (χ2n) is 4.53. The van der Waals surface area contributed by atoms with E-state index in [1.807, 2.05) is 0 Å². The van der Waals surface area contributed by atoms with Crippen molar-refractivity contribution in [3.63, 3.8) is 0 Å². The molecule has 0 aliphatic carbocycles. The van der Waals surface area contributed by atoms with Crippen LogP contribution in [0.3, 0.4) is 0 Å². The molecule has 3 N–H and O–H groups in total. The van der Waals surface area contributed by atoms with Gasteiger partial charge in [-0.3, -0.25) is 4.79 Å². The number of nitrogens with zero attached hydrogens (tertiary/aromatic N) is 3. The van der Waals surface area contributed by atoms with Gasteiger partial charge in [0.1, 0.15) is 24.5 Å². The molecule has 1 atom stereocenters. The van der Waals surface area contributed by atoms with E-state index in [1.165, 1.54) is 6.33 Å². The van der Waals surface area contributed by atoms with Gasteiger partial charge in [-0.1, -0.05) is 0 Å². The summed E-state index contributed by atoms with van der Waals surface area (Å²) in [5.74, 6) is 0.266. The molecule has 0 aromatic carbocycles. The van der Waals surface area contributed by atoms with Crippen LogP contribution < -0.4 is 10.2 Å². The van der Waals surface area contributed by atoms with E-state index in [9.17, 15) is 9.90 Å². The number of carbonyl (C=O) groups is 1. The van der Waals surface area contributed by atoms with Crippen LogP contribution in [-0.2, 0) is 4.79 Å². The Morgan fingerprint density at radius 1 is 1.47 bits per heavy atom. The molecule has 0 bridgehead atoms. The van der Waals surface area contributed by atoms with Crippen LogP contribution in [-0.4, -0.2) is 51.9 Å². The Balaban J connectivity index is 2.10. The molecular weight excluding hydrogens is 248 g/mol. The van der Waals surface area contributed by atoms with Crippen molar-refractivity contribution in [2.45, 2.75) is 25.3 Å². The number of carboxylic acids is 1. The molecule has 0 amide bonds. The maximum Gasteiger partial charge on any atom is 0.322 e. The fraction of sp³-hybridized carbons (Fsp3) is 0.583. The molecule has 0 saturated carbocycles. The van der Waals surface area contributed by atoms with Crippen LogP contribution in [0, 0.1) is 0 Å². The Morgan fingerprint density at radius 2 is 2.32 bits per heavy atom. The number of nitrogens with one attached hydrogen (secondary N) is 1. The molecule has 1 aromatic heterocycles. The van der Waals surface area contributed by atoms with Gasteiger partial charge in [0.2, 0.25) is 0 Å². The molecule has 7 nitrogen and oxygen atoms in total. The zero-order valence-corrected chi connectivity index (χ0v) is 10.6. The molecule has 1 aromatic rings. The summed E-state index contributed by atoms with van der Waals surface area (Å²) in [6, 6.07) is 1.80. The van der Waals surface area contributed by atoms with Crippen LogP contribution in [0.25, 0.3) is 0 Å². The average Bonchev–Trinajstić information content (AvgIpc) is 2.45. The highest BCUT2D eigenvalue weighted by Gasteiger charge is 2.23. The lowest BCUT2D eigenvalue weighted by Crippen LogP contribution is -2.42. The van der Waals surface area contributed by atoms with Crippen LogP contribution >= 0.6 is 0 Å². The highest BCUT2D eigenvalue weighted by Crippen LogP contribution is 2.23. The molecule has 0 spiro atoms. The normalized spacial score (nSPS) is 19.2. The fourth-order valence-electron chi connectivity index (χ4n) is 2.26. The molecule has 1 fully saturated rings. The predicted octanol–water partition coefficient (Wildman–Crippen LogP) is 0.324. The van der Waals surface area contributed by atoms with Crippen molar-refractivity contribution in [1.29, 1.82) is 0 Å². The standard InChI is InChI=1S/C12H18N4O3/c17-7-9-3-1-2-4-16(9)11-5-10(14-8-15-11)13-6-12(18)19/h5,8-9,17H,1-4,6-7H2,(H,18,19)(H,13,14,15). The molecule has 1 unspecified atom stereocenters. The summed E-state index contributed by atoms with van der Waals surface area (Å²) in [7, 11) is 0. The van der Waals surface area contributed by atoms with Gasteiger partial charge in [0.05, 0.1) is 12.6 Å². The Kier molecular flexibility index (Phi) is 4.51. The number of anilines is 2. The van der Waals surface area contributed by atoms with Gasteiger partial charge in [0.25, 0.3) is 0 Å². The predicted molar refractivity (Wildman–Crippen MR) is 70.2 cm³/mol. The number of aromatic nitrogens is 2. The molecule has 2 rings (SSSR count). The van der Waals surface area contributed by atoms with Crippen molar-refractivity contribution >= 4 is 17.6 Å². The summed E-state index contributed by atoms with van der Waals surface area (Å²) < 4.78 is 0. The van der Waals surface area contributed by atoms with E-state index in [0.29, 0.717) is 5.82 Å². The fourth-order valence-corrected chi connectivity index (χ4v) is 2.26. The summed E-state index contributed by atoms with van der Waals surface area (Å²) in [6.45, 7) is 0.766. The van der Waals surface area contributed by atoms with Crippen LogP contribution in [0.5, 0.6) is 0 Å². The summed E-state index contributed by atoms with van der Waals surface area (Å²) in [4.78, 5) is 20.7. The van der Waals surface area contributed by atoms with E-state index in [1.54, 1.807) is 6.07 Å². The zero-order chi connectivity index (χ0) is 13.7. The van der Waals surface area contributed by atoms with Crippen molar-refractivity contribution in [3.8, 4) is 0 Å². The number of aliphatic carboxylic acids is 1. The average molecular weight is 266 g/mol. The minimum atomic E-state index is -0.939. The van der Waals surface area contributed by atoms with Crippen molar-refractivity contribution in [1.82, 2.24) is 9.97 Å². The molecule has 7 heteroatoms. The number of hydrogen-bond acceptors (Lipinski definition) is 6. The number of carboxylic acid groups (broad SMARTS) is 1. The maximum atomic E-state index is 10.5. The van der Waals surface area contributed by atoms with Gasteiger partial charge >= 0.3 is 5.97 Å². The number of piperidine rings is 1. The summed E-state index contributed by atoms with van der Waals surface area (Å²) >= 11 is 0. The van der Waals surface area contributed by atoms with Gasteiger partial charge in [-0.15, -0.1) is 0 Å². The van der Waals surface area contributed by atoms with Crippen molar-refractivity contribution in [2.24, 2.45) is 0 Å². The first kappa shape index (κ1) is 13.5. The van der Waals surface area contributed by atoms with Crippen LogP contribution in [0.1, 0.15) is 19.3 Å². The molecule has 0 radical (unpaired) electrons. The lowest BCUT2D eigenvalue weighted by atomic mass is 10.0. The minimum absolute atomic E-state index is 0.0796. The number of aliphatic hydroxyl groups excluding tert-OH is 1. The molecule has 1 aliphatic rings. The third kappa shape index (κ3) is 3.54. The molecule has 2 heterocycles. The van der Waals surface area contributed by atoms with Gasteiger partial charge in [-0.25, -0.2) is 9.97 Å². The molecule has 1 saturated heterocycles. The van der Waals surface area contributed by atoms with E-state index < -0.39 is 5.97 Å². The van der Waals surface area contributed by atoms with E-state index >= 15 is 0 Å². The van der Waals surface area contributed by atoms with E-state index in [0.717, 1.165) is 31.6 Å². The van der Waals surface area contributed by atoms with Crippen LogP contribution in [0.15, 0.2) is 12.4 Å². The molecular formula is C12H18N4O3. The quantitative estimate of drug-likeness (QED) is 0.706. The SMILES string of the molecule is O=C(O)CNc1cc(N2CCCCC2CO)ncn1. The lowest BCUT2D eigenvalue weighted by molar-refractivity contribution is -0.134. The zero-order valence-electron chi connectivity index (χ0n) is 10.6. The van der Waals surface area contributed by atoms with Crippen LogP contribution in [0.2, 0.25) is 0 Å². The Bertz CT molecular complexity index is 441. The highest BCUT2D eigenvalue weighted by molar-refractivity contribution is 5.72. The van der Waals surface area contributed by atoms with E-state index in [2.05, 4.69) is 20.2 Å². The Morgan fingerprint density at radius 3 is 3.05 bits per heavy atom. The smallest absolute Gasteiger partial charge is 0.322 e. The summed E-state index contributed by atoms with van der Waals surface area (Å²) in [5.41, 5.74) is 0. The summed E-state index contributed by atoms with van der Waals surface area (Å²) in [5, 5.41) is 20.7. The number of aliphatic hydroxyl groups is 1. The second-order valence-corrected chi connectivity index (χ2v) is 4.53. The van der Waals surface area contributed by atoms with Gasteiger partial charge in [0.15, 0.2) is 0 Å². The Hall–Kier alpha value is -1.89. The van der Waals surface area contributed by atoms with Gasteiger partial charge in [0, 0.05) is 12.6 Å². The minimum Gasteiger partial charge on any atom is -0.480 e. The van der Waals surface area contributed by atoms with Crippen molar-refractivity contribution in [2.75, 3.05) is 29.9 Å². The largest absolute Gasteiger partial charge is 0.480 e.